The number of nitriles is 1. The summed E-state index contributed by atoms with van der Waals surface area (Å²) in [5, 5.41) is 18.6. The van der Waals surface area contributed by atoms with E-state index in [2.05, 4.69) is 30.0 Å². The molecule has 1 N–H and O–H groups in total. The van der Waals surface area contributed by atoms with Crippen molar-refractivity contribution in [2.45, 2.75) is 31.8 Å². The highest BCUT2D eigenvalue weighted by Gasteiger charge is 2.35. The molecule has 3 heteroatoms. The summed E-state index contributed by atoms with van der Waals surface area (Å²) in [6, 6.07) is 12.7. The smallest absolute Gasteiger partial charge is 0.0641 e. The summed E-state index contributed by atoms with van der Waals surface area (Å²) in [5.74, 6) is 0.500. The van der Waals surface area contributed by atoms with Gasteiger partial charge in [-0.3, -0.25) is 4.90 Å². The van der Waals surface area contributed by atoms with Gasteiger partial charge in [0.15, 0.2) is 0 Å². The fraction of sp³-hybridized carbons (Fsp3) is 0.533. The Balaban J connectivity index is 2.23. The summed E-state index contributed by atoms with van der Waals surface area (Å²) >= 11 is 0. The zero-order valence-corrected chi connectivity index (χ0v) is 10.8. The van der Waals surface area contributed by atoms with E-state index in [-0.39, 0.29) is 18.7 Å². The van der Waals surface area contributed by atoms with Gasteiger partial charge in [0.1, 0.15) is 0 Å². The first-order valence-electron chi connectivity index (χ1n) is 6.56. The van der Waals surface area contributed by atoms with E-state index in [0.29, 0.717) is 12.3 Å². The fourth-order valence-corrected chi connectivity index (χ4v) is 2.90. The van der Waals surface area contributed by atoms with Gasteiger partial charge in [0.25, 0.3) is 0 Å². The van der Waals surface area contributed by atoms with E-state index >= 15 is 0 Å². The third-order valence-electron chi connectivity index (χ3n) is 3.98. The minimum absolute atomic E-state index is 0.110. The lowest BCUT2D eigenvalue weighted by atomic mass is 9.99. The average Bonchev–Trinajstić information content (AvgIpc) is 2.78. The van der Waals surface area contributed by atoms with Crippen molar-refractivity contribution in [1.82, 2.24) is 4.90 Å². The Kier molecular flexibility index (Phi) is 4.35. The molecular formula is C15H20N2O. The molecule has 2 rings (SSSR count). The predicted molar refractivity (Wildman–Crippen MR) is 70.8 cm³/mol. The molecule has 0 spiro atoms. The van der Waals surface area contributed by atoms with Crippen LogP contribution in [0.2, 0.25) is 0 Å². The molecule has 0 aromatic heterocycles. The number of rotatable bonds is 4. The third kappa shape index (κ3) is 2.55. The monoisotopic (exact) mass is 244 g/mol. The number of hydrogen-bond acceptors (Lipinski definition) is 3. The Bertz CT molecular complexity index is 412. The van der Waals surface area contributed by atoms with Gasteiger partial charge in [0.2, 0.25) is 0 Å². The van der Waals surface area contributed by atoms with Crippen molar-refractivity contribution in [1.29, 1.82) is 5.26 Å². The predicted octanol–water partition coefficient (Wildman–Crippen LogP) is 2.34. The van der Waals surface area contributed by atoms with Crippen LogP contribution in [0.4, 0.5) is 0 Å². The molecule has 1 aliphatic heterocycles. The van der Waals surface area contributed by atoms with Gasteiger partial charge in [0, 0.05) is 12.1 Å². The van der Waals surface area contributed by atoms with E-state index in [4.69, 9.17) is 5.26 Å². The van der Waals surface area contributed by atoms with E-state index in [1.165, 1.54) is 5.56 Å². The molecule has 1 fully saturated rings. The second kappa shape index (κ2) is 5.99. The maximum absolute atomic E-state index is 9.55. The first kappa shape index (κ1) is 13.1. The second-order valence-corrected chi connectivity index (χ2v) is 5.04. The first-order chi connectivity index (χ1) is 8.77. The van der Waals surface area contributed by atoms with Crippen molar-refractivity contribution in [3.63, 3.8) is 0 Å². The van der Waals surface area contributed by atoms with Crippen LogP contribution in [0.25, 0.3) is 0 Å². The topological polar surface area (TPSA) is 47.3 Å². The molecule has 1 aliphatic rings. The second-order valence-electron chi connectivity index (χ2n) is 5.04. The maximum Gasteiger partial charge on any atom is 0.0641 e. The molecule has 1 aromatic rings. The quantitative estimate of drug-likeness (QED) is 0.884. The van der Waals surface area contributed by atoms with Crippen LogP contribution < -0.4 is 0 Å². The normalized spacial score (nSPS) is 25.8. The highest BCUT2D eigenvalue weighted by Crippen LogP contribution is 2.34. The van der Waals surface area contributed by atoms with Crippen LogP contribution >= 0.6 is 0 Å². The Morgan fingerprint density at radius 3 is 2.78 bits per heavy atom. The largest absolute Gasteiger partial charge is 0.395 e. The number of hydrogen-bond donors (Lipinski definition) is 1. The standard InChI is InChI=1S/C15H20N2O/c1-12-8-10-17(15(12)11-18)14(7-9-16)13-5-3-2-4-6-13/h2-6,12,14-15,18H,7-8,10-11H2,1H3. The number of aliphatic hydroxyl groups excluding tert-OH is 1. The maximum atomic E-state index is 9.55. The first-order valence-corrected chi connectivity index (χ1v) is 6.56. The SMILES string of the molecule is CC1CCN(C(CC#N)c2ccccc2)C1CO. The lowest BCUT2D eigenvalue weighted by Crippen LogP contribution is -2.38. The Hall–Kier alpha value is -1.37. The molecule has 0 bridgehead atoms. The summed E-state index contributed by atoms with van der Waals surface area (Å²) in [6.07, 6.45) is 1.58. The van der Waals surface area contributed by atoms with E-state index < -0.39 is 0 Å². The molecule has 0 radical (unpaired) electrons. The molecule has 3 nitrogen and oxygen atoms in total. The number of nitrogens with zero attached hydrogens (tertiary/aromatic N) is 2. The van der Waals surface area contributed by atoms with Gasteiger partial charge >= 0.3 is 0 Å². The molecular weight excluding hydrogens is 224 g/mol. The van der Waals surface area contributed by atoms with Crippen LogP contribution in [0.5, 0.6) is 0 Å². The summed E-state index contributed by atoms with van der Waals surface area (Å²) in [4.78, 5) is 2.29. The van der Waals surface area contributed by atoms with E-state index in [1.54, 1.807) is 0 Å². The molecule has 0 amide bonds. The van der Waals surface area contributed by atoms with Crippen LogP contribution in [0.15, 0.2) is 30.3 Å². The lowest BCUT2D eigenvalue weighted by Gasteiger charge is -2.32. The van der Waals surface area contributed by atoms with E-state index in [0.717, 1.165) is 13.0 Å². The lowest BCUT2D eigenvalue weighted by molar-refractivity contribution is 0.103. The molecule has 3 unspecified atom stereocenters. The van der Waals surface area contributed by atoms with Gasteiger partial charge in [-0.05, 0) is 24.4 Å². The number of likely N-dealkylation sites (tertiary alicyclic amines) is 1. The Labute approximate surface area is 109 Å². The summed E-state index contributed by atoms with van der Waals surface area (Å²) in [6.45, 7) is 3.32. The highest BCUT2D eigenvalue weighted by atomic mass is 16.3. The molecule has 1 aromatic carbocycles. The van der Waals surface area contributed by atoms with Crippen molar-refractivity contribution in [2.75, 3.05) is 13.2 Å². The van der Waals surface area contributed by atoms with Crippen molar-refractivity contribution in [2.24, 2.45) is 5.92 Å². The zero-order valence-electron chi connectivity index (χ0n) is 10.8. The van der Waals surface area contributed by atoms with Crippen LogP contribution in [0, 0.1) is 17.2 Å². The van der Waals surface area contributed by atoms with Gasteiger partial charge in [-0.2, -0.15) is 5.26 Å². The summed E-state index contributed by atoms with van der Waals surface area (Å²) in [5.41, 5.74) is 1.17. The Morgan fingerprint density at radius 2 is 2.17 bits per heavy atom. The van der Waals surface area contributed by atoms with Gasteiger partial charge < -0.3 is 5.11 Å². The van der Waals surface area contributed by atoms with Gasteiger partial charge in [-0.15, -0.1) is 0 Å². The molecule has 1 heterocycles. The molecule has 0 aliphatic carbocycles. The fourth-order valence-electron chi connectivity index (χ4n) is 2.90. The number of aliphatic hydroxyl groups is 1. The summed E-state index contributed by atoms with van der Waals surface area (Å²) < 4.78 is 0. The molecule has 1 saturated heterocycles. The van der Waals surface area contributed by atoms with Crippen molar-refractivity contribution >= 4 is 0 Å². The van der Waals surface area contributed by atoms with Gasteiger partial charge in [-0.25, -0.2) is 0 Å². The molecule has 0 saturated carbocycles. The molecule has 96 valence electrons. The Morgan fingerprint density at radius 1 is 1.44 bits per heavy atom. The highest BCUT2D eigenvalue weighted by molar-refractivity contribution is 5.21. The third-order valence-corrected chi connectivity index (χ3v) is 3.98. The van der Waals surface area contributed by atoms with Gasteiger partial charge in [-0.1, -0.05) is 37.3 Å². The minimum atomic E-state index is 0.110. The molecule has 18 heavy (non-hydrogen) atoms. The van der Waals surface area contributed by atoms with Crippen LogP contribution in [-0.2, 0) is 0 Å². The van der Waals surface area contributed by atoms with Gasteiger partial charge in [0.05, 0.1) is 19.1 Å². The number of benzene rings is 1. The van der Waals surface area contributed by atoms with Crippen molar-refractivity contribution in [3.05, 3.63) is 35.9 Å². The van der Waals surface area contributed by atoms with E-state index in [1.807, 2.05) is 18.2 Å². The van der Waals surface area contributed by atoms with Crippen LogP contribution in [0.3, 0.4) is 0 Å². The molecule has 3 atom stereocenters. The van der Waals surface area contributed by atoms with E-state index in [9.17, 15) is 5.11 Å². The van der Waals surface area contributed by atoms with Crippen LogP contribution in [-0.4, -0.2) is 29.2 Å². The minimum Gasteiger partial charge on any atom is -0.395 e. The average molecular weight is 244 g/mol. The zero-order chi connectivity index (χ0) is 13.0. The van der Waals surface area contributed by atoms with Crippen molar-refractivity contribution < 1.29 is 5.11 Å². The van der Waals surface area contributed by atoms with Crippen LogP contribution in [0.1, 0.15) is 31.4 Å². The summed E-state index contributed by atoms with van der Waals surface area (Å²) in [7, 11) is 0. The van der Waals surface area contributed by atoms with Crippen molar-refractivity contribution in [3.8, 4) is 6.07 Å².